The molecule has 0 saturated carbocycles. The highest BCUT2D eigenvalue weighted by atomic mass is 16.5. The van der Waals surface area contributed by atoms with Gasteiger partial charge < -0.3 is 19.3 Å². The Kier molecular flexibility index (Phi) is 9.42. The van der Waals surface area contributed by atoms with Crippen LogP contribution in [0.1, 0.15) is 38.7 Å². The van der Waals surface area contributed by atoms with Crippen molar-refractivity contribution in [3.8, 4) is 11.5 Å². The predicted octanol–water partition coefficient (Wildman–Crippen LogP) is 4.57. The molecular formula is C36H34N2O7. The Morgan fingerprint density at radius 1 is 0.756 bits per heavy atom. The van der Waals surface area contributed by atoms with Gasteiger partial charge in [-0.1, -0.05) is 72.8 Å². The summed E-state index contributed by atoms with van der Waals surface area (Å²) < 4.78 is 19.5. The van der Waals surface area contributed by atoms with Gasteiger partial charge in [0.1, 0.15) is 17.1 Å². The number of nitrogens with zero attached hydrogens (tertiary/aromatic N) is 2. The summed E-state index contributed by atoms with van der Waals surface area (Å²) in [6, 6.07) is 31.7. The average Bonchev–Trinajstić information content (AvgIpc) is 3.10. The van der Waals surface area contributed by atoms with Gasteiger partial charge in [0.15, 0.2) is 0 Å². The molecule has 0 fully saturated rings. The van der Waals surface area contributed by atoms with Crippen molar-refractivity contribution in [2.24, 2.45) is 0 Å². The summed E-state index contributed by atoms with van der Waals surface area (Å²) >= 11 is 0. The van der Waals surface area contributed by atoms with Crippen LogP contribution in [-0.4, -0.2) is 47.6 Å². The second-order valence-corrected chi connectivity index (χ2v) is 10.5. The van der Waals surface area contributed by atoms with E-state index in [1.165, 1.54) is 29.8 Å². The Bertz CT molecular complexity index is 1820. The molecule has 230 valence electrons. The van der Waals surface area contributed by atoms with Crippen LogP contribution in [0.2, 0.25) is 0 Å². The number of carbonyl (C=O) groups is 1. The molecule has 5 aromatic rings. The summed E-state index contributed by atoms with van der Waals surface area (Å²) in [6.07, 6.45) is 1.36. The summed E-state index contributed by atoms with van der Waals surface area (Å²) in [5.41, 5.74) is -0.123. The van der Waals surface area contributed by atoms with Crippen LogP contribution in [-0.2, 0) is 10.3 Å². The zero-order valence-electron chi connectivity index (χ0n) is 25.3. The number of methoxy groups -OCH3 is 2. The highest BCUT2D eigenvalue weighted by Crippen LogP contribution is 2.42. The molecule has 0 spiro atoms. The molecule has 1 aromatic heterocycles. The van der Waals surface area contributed by atoms with Crippen molar-refractivity contribution in [1.29, 1.82) is 0 Å². The van der Waals surface area contributed by atoms with Crippen LogP contribution in [0.5, 0.6) is 11.5 Å². The quantitative estimate of drug-likeness (QED) is 0.220. The predicted molar refractivity (Wildman–Crippen MR) is 170 cm³/mol. The van der Waals surface area contributed by atoms with Crippen molar-refractivity contribution in [2.75, 3.05) is 27.4 Å². The maximum atomic E-state index is 13.7. The highest BCUT2D eigenvalue weighted by molar-refractivity contribution is 5.95. The maximum absolute atomic E-state index is 13.7. The van der Waals surface area contributed by atoms with Crippen LogP contribution < -0.4 is 20.7 Å². The standard InChI is InChI=1S/C36H34N2O7/c1-25-22-37(35(42)38(33(25)40)34(41)26-10-6-4-7-11-26)30(23-39)24-45-36(27-12-8-5-9-13-27,28-14-18-31(43-2)19-15-28)29-16-20-32(44-3)21-17-29/h4-22,30,39H,23-24H2,1-3H3/t30-/m1/s1. The summed E-state index contributed by atoms with van der Waals surface area (Å²) in [6.45, 7) is 0.846. The van der Waals surface area contributed by atoms with Crippen LogP contribution in [0.4, 0.5) is 0 Å². The molecule has 1 heterocycles. The van der Waals surface area contributed by atoms with Gasteiger partial charge in [-0.05, 0) is 60.0 Å². The summed E-state index contributed by atoms with van der Waals surface area (Å²) in [5, 5.41) is 10.6. The molecule has 0 amide bonds. The number of aromatic nitrogens is 2. The topological polar surface area (TPSA) is 109 Å². The Morgan fingerprint density at radius 2 is 1.24 bits per heavy atom. The summed E-state index contributed by atoms with van der Waals surface area (Å²) in [4.78, 5) is 40.1. The average molecular weight is 607 g/mol. The van der Waals surface area contributed by atoms with Crippen molar-refractivity contribution < 1.29 is 24.1 Å². The smallest absolute Gasteiger partial charge is 0.338 e. The fraction of sp³-hybridized carbons (Fsp3) is 0.194. The SMILES string of the molecule is COc1ccc(C(OC[C@@H](CO)n2cc(C)c(=O)n(C(=O)c3ccccc3)c2=O)(c2ccccc2)c2ccc(OC)cc2)cc1. The Morgan fingerprint density at radius 3 is 1.73 bits per heavy atom. The first-order valence-electron chi connectivity index (χ1n) is 14.4. The van der Waals surface area contributed by atoms with Crippen LogP contribution in [0.3, 0.4) is 0 Å². The zero-order valence-corrected chi connectivity index (χ0v) is 25.3. The number of aryl methyl sites for hydroxylation is 1. The molecule has 0 aliphatic carbocycles. The Labute approximate surface area is 260 Å². The number of aliphatic hydroxyl groups is 1. The lowest BCUT2D eigenvalue weighted by Gasteiger charge is -2.37. The van der Waals surface area contributed by atoms with Crippen LogP contribution in [0, 0.1) is 6.92 Å². The molecule has 0 unspecified atom stereocenters. The molecular weight excluding hydrogens is 572 g/mol. The molecule has 45 heavy (non-hydrogen) atoms. The van der Waals surface area contributed by atoms with Crippen molar-refractivity contribution in [3.05, 3.63) is 164 Å². The number of rotatable bonds is 11. The lowest BCUT2D eigenvalue weighted by molar-refractivity contribution is -0.0163. The van der Waals surface area contributed by atoms with E-state index in [1.54, 1.807) is 32.4 Å². The van der Waals surface area contributed by atoms with E-state index in [0.717, 1.165) is 16.7 Å². The third-order valence-corrected chi connectivity index (χ3v) is 7.78. The van der Waals surface area contributed by atoms with E-state index < -0.39 is 35.4 Å². The van der Waals surface area contributed by atoms with E-state index in [-0.39, 0.29) is 17.7 Å². The van der Waals surface area contributed by atoms with Crippen molar-refractivity contribution in [2.45, 2.75) is 18.6 Å². The van der Waals surface area contributed by atoms with Gasteiger partial charge in [0.25, 0.3) is 11.5 Å². The number of ether oxygens (including phenoxy) is 3. The first kappa shape index (κ1) is 31.2. The molecule has 0 saturated heterocycles. The van der Waals surface area contributed by atoms with E-state index in [2.05, 4.69) is 0 Å². The lowest BCUT2D eigenvalue weighted by Crippen LogP contribution is -2.47. The zero-order chi connectivity index (χ0) is 32.0. The van der Waals surface area contributed by atoms with Crippen LogP contribution >= 0.6 is 0 Å². The monoisotopic (exact) mass is 606 g/mol. The van der Waals surface area contributed by atoms with E-state index in [0.29, 0.717) is 16.1 Å². The second-order valence-electron chi connectivity index (χ2n) is 10.5. The molecule has 5 rings (SSSR count). The second kappa shape index (κ2) is 13.6. The lowest BCUT2D eigenvalue weighted by atomic mass is 9.80. The fourth-order valence-corrected chi connectivity index (χ4v) is 5.36. The molecule has 1 atom stereocenters. The van der Waals surface area contributed by atoms with Crippen molar-refractivity contribution in [3.63, 3.8) is 0 Å². The van der Waals surface area contributed by atoms with Crippen molar-refractivity contribution in [1.82, 2.24) is 9.13 Å². The first-order chi connectivity index (χ1) is 21.8. The number of hydrogen-bond acceptors (Lipinski definition) is 7. The summed E-state index contributed by atoms with van der Waals surface area (Å²) in [7, 11) is 3.18. The van der Waals surface area contributed by atoms with Gasteiger partial charge in [-0.2, -0.15) is 4.57 Å². The maximum Gasteiger partial charge on any atom is 0.338 e. The highest BCUT2D eigenvalue weighted by Gasteiger charge is 2.39. The van der Waals surface area contributed by atoms with Gasteiger partial charge in [0, 0.05) is 17.3 Å². The molecule has 9 heteroatoms. The Balaban J connectivity index is 1.64. The van der Waals surface area contributed by atoms with Crippen LogP contribution in [0.15, 0.2) is 125 Å². The largest absolute Gasteiger partial charge is 0.497 e. The van der Waals surface area contributed by atoms with Crippen molar-refractivity contribution >= 4 is 5.91 Å². The minimum Gasteiger partial charge on any atom is -0.497 e. The number of benzene rings is 4. The van der Waals surface area contributed by atoms with Crippen LogP contribution in [0.25, 0.3) is 0 Å². The van der Waals surface area contributed by atoms with Gasteiger partial charge in [-0.3, -0.25) is 14.2 Å². The third kappa shape index (κ3) is 6.08. The van der Waals surface area contributed by atoms with Gasteiger partial charge in [-0.15, -0.1) is 0 Å². The molecule has 0 aliphatic rings. The molecule has 9 nitrogen and oxygen atoms in total. The number of carbonyl (C=O) groups excluding carboxylic acids is 1. The van der Waals surface area contributed by atoms with E-state index in [1.807, 2.05) is 78.9 Å². The molecule has 1 N–H and O–H groups in total. The minimum atomic E-state index is -1.21. The molecule has 0 bridgehead atoms. The van der Waals surface area contributed by atoms with E-state index >= 15 is 0 Å². The van der Waals surface area contributed by atoms with Gasteiger partial charge in [0.2, 0.25) is 0 Å². The van der Waals surface area contributed by atoms with E-state index in [4.69, 9.17) is 14.2 Å². The van der Waals surface area contributed by atoms with Gasteiger partial charge in [0.05, 0.1) is 33.5 Å². The number of aliphatic hydroxyl groups excluding tert-OH is 1. The summed E-state index contributed by atoms with van der Waals surface area (Å²) in [5.74, 6) is 0.572. The Hall–Kier alpha value is -5.25. The third-order valence-electron chi connectivity index (χ3n) is 7.78. The van der Waals surface area contributed by atoms with Gasteiger partial charge in [-0.25, -0.2) is 4.79 Å². The van der Waals surface area contributed by atoms with Gasteiger partial charge >= 0.3 is 5.69 Å². The molecule has 0 radical (unpaired) electrons. The molecule has 4 aromatic carbocycles. The molecule has 0 aliphatic heterocycles. The number of hydrogen-bond donors (Lipinski definition) is 1. The fourth-order valence-electron chi connectivity index (χ4n) is 5.36. The first-order valence-corrected chi connectivity index (χ1v) is 14.4. The van der Waals surface area contributed by atoms with E-state index in [9.17, 15) is 19.5 Å². The normalized spacial score (nSPS) is 12.0. The minimum absolute atomic E-state index is 0.164.